The second-order valence-corrected chi connectivity index (χ2v) is 7.71. The van der Waals surface area contributed by atoms with Gasteiger partial charge in [0.2, 0.25) is 5.91 Å². The van der Waals surface area contributed by atoms with Gasteiger partial charge in [-0.25, -0.2) is 4.98 Å². The molecule has 2 aliphatic rings. The minimum Gasteiger partial charge on any atom is -0.352 e. The van der Waals surface area contributed by atoms with Crippen molar-refractivity contribution in [1.29, 1.82) is 0 Å². The summed E-state index contributed by atoms with van der Waals surface area (Å²) in [6.45, 7) is 5.44. The van der Waals surface area contributed by atoms with E-state index in [0.29, 0.717) is 38.2 Å². The van der Waals surface area contributed by atoms with Gasteiger partial charge < -0.3 is 19.5 Å². The summed E-state index contributed by atoms with van der Waals surface area (Å²) in [4.78, 5) is 35.5. The van der Waals surface area contributed by atoms with Crippen LogP contribution in [0.25, 0.3) is 0 Å². The number of pyridine rings is 1. The molecule has 2 aliphatic heterocycles. The normalized spacial score (nSPS) is 20.8. The van der Waals surface area contributed by atoms with Gasteiger partial charge in [-0.1, -0.05) is 13.8 Å². The fourth-order valence-corrected chi connectivity index (χ4v) is 3.99. The second-order valence-electron chi connectivity index (χ2n) is 7.71. The van der Waals surface area contributed by atoms with Gasteiger partial charge in [-0.3, -0.25) is 14.6 Å². The molecule has 2 aromatic heterocycles. The lowest BCUT2D eigenvalue weighted by molar-refractivity contribution is -0.173. The van der Waals surface area contributed by atoms with E-state index in [1.165, 1.54) is 0 Å². The van der Waals surface area contributed by atoms with Crippen LogP contribution in [-0.2, 0) is 26.5 Å². The monoisotopic (exact) mass is 383 g/mol. The topological polar surface area (TPSA) is 89.4 Å². The van der Waals surface area contributed by atoms with E-state index < -0.39 is 11.7 Å². The lowest BCUT2D eigenvalue weighted by Gasteiger charge is -2.45. The molecule has 4 heterocycles. The third-order valence-corrected chi connectivity index (χ3v) is 5.47. The Bertz CT molecular complexity index is 856. The number of fused-ring (bicyclic) bond motifs is 2. The van der Waals surface area contributed by atoms with E-state index in [2.05, 4.69) is 15.3 Å². The summed E-state index contributed by atoms with van der Waals surface area (Å²) in [7, 11) is 0. The smallest absolute Gasteiger partial charge is 0.255 e. The molecule has 0 radical (unpaired) electrons. The Labute approximate surface area is 163 Å². The summed E-state index contributed by atoms with van der Waals surface area (Å²) in [5, 5.41) is 2.90. The van der Waals surface area contributed by atoms with Crippen molar-refractivity contribution in [3.05, 3.63) is 42.7 Å². The summed E-state index contributed by atoms with van der Waals surface area (Å²) in [5.74, 6) is 0.783. The van der Waals surface area contributed by atoms with Crippen molar-refractivity contribution in [2.45, 2.75) is 44.9 Å². The summed E-state index contributed by atoms with van der Waals surface area (Å²) in [6.07, 6.45) is 7.53. The van der Waals surface area contributed by atoms with Gasteiger partial charge in [0.1, 0.15) is 11.4 Å². The minimum atomic E-state index is -0.643. The number of imidazole rings is 1. The zero-order valence-corrected chi connectivity index (χ0v) is 16.2. The summed E-state index contributed by atoms with van der Waals surface area (Å²) in [6, 6.07) is 3.49. The molecule has 4 rings (SSSR count). The molecule has 1 fully saturated rings. The van der Waals surface area contributed by atoms with E-state index in [0.717, 1.165) is 5.82 Å². The fraction of sp³-hybridized carbons (Fsp3) is 0.500. The van der Waals surface area contributed by atoms with Crippen LogP contribution < -0.4 is 5.32 Å². The highest BCUT2D eigenvalue weighted by molar-refractivity contribution is 5.94. The van der Waals surface area contributed by atoms with Crippen LogP contribution in [0.5, 0.6) is 0 Å². The fourth-order valence-electron chi connectivity index (χ4n) is 3.99. The number of likely N-dealkylation sites (tertiary alicyclic amines) is 1. The van der Waals surface area contributed by atoms with E-state index in [-0.39, 0.29) is 17.7 Å². The first-order valence-electron chi connectivity index (χ1n) is 9.68. The van der Waals surface area contributed by atoms with Crippen LogP contribution >= 0.6 is 0 Å². The average Bonchev–Trinajstić information content (AvgIpc) is 3.18. The molecule has 1 N–H and O–H groups in total. The second kappa shape index (κ2) is 7.35. The molecule has 0 bridgehead atoms. The molecular weight excluding hydrogens is 358 g/mol. The van der Waals surface area contributed by atoms with Gasteiger partial charge in [-0.2, -0.15) is 0 Å². The maximum Gasteiger partial charge on any atom is 0.255 e. The number of amides is 2. The molecule has 0 saturated carbocycles. The molecule has 0 aliphatic carbocycles. The Kier molecular flexibility index (Phi) is 4.89. The Morgan fingerprint density at radius 3 is 2.61 bits per heavy atom. The molecule has 2 aromatic rings. The Balaban J connectivity index is 1.52. The quantitative estimate of drug-likeness (QED) is 0.873. The van der Waals surface area contributed by atoms with Crippen LogP contribution in [0.2, 0.25) is 0 Å². The van der Waals surface area contributed by atoms with Gasteiger partial charge in [-0.05, 0) is 12.1 Å². The van der Waals surface area contributed by atoms with Crippen LogP contribution in [0.4, 0.5) is 5.69 Å². The standard InChI is InChI=1S/C20H25N5O3/c1-14(2)18(27)24-10-5-20(6-11-24)19-22-9-12-25(19)13-16(28-20)17(26)23-15-3-7-21-8-4-15/h3-4,7-9,12,14,16H,5-6,10-11,13H2,1-2H3,(H,21,23,26). The number of hydrogen-bond acceptors (Lipinski definition) is 5. The summed E-state index contributed by atoms with van der Waals surface area (Å²) in [5.41, 5.74) is 0.0434. The molecule has 1 atom stereocenters. The number of ether oxygens (including phenoxy) is 1. The minimum absolute atomic E-state index is 0.0257. The van der Waals surface area contributed by atoms with Crippen molar-refractivity contribution in [3.8, 4) is 0 Å². The van der Waals surface area contributed by atoms with Crippen LogP contribution in [0, 0.1) is 5.92 Å². The molecule has 1 unspecified atom stereocenters. The van der Waals surface area contributed by atoms with Crippen LogP contribution in [0.1, 0.15) is 32.5 Å². The van der Waals surface area contributed by atoms with E-state index in [4.69, 9.17) is 4.74 Å². The Morgan fingerprint density at radius 1 is 1.21 bits per heavy atom. The first kappa shape index (κ1) is 18.6. The van der Waals surface area contributed by atoms with Crippen molar-refractivity contribution in [1.82, 2.24) is 19.4 Å². The lowest BCUT2D eigenvalue weighted by Crippen LogP contribution is -2.54. The number of aromatic nitrogens is 3. The number of piperidine rings is 1. The molecule has 1 spiro atoms. The number of carbonyl (C=O) groups is 2. The molecular formula is C20H25N5O3. The third-order valence-electron chi connectivity index (χ3n) is 5.47. The third kappa shape index (κ3) is 3.40. The number of hydrogen-bond donors (Lipinski definition) is 1. The number of rotatable bonds is 3. The largest absolute Gasteiger partial charge is 0.352 e. The molecule has 2 amide bonds. The van der Waals surface area contributed by atoms with E-state index in [1.807, 2.05) is 29.5 Å². The van der Waals surface area contributed by atoms with Gasteiger partial charge in [0.15, 0.2) is 6.10 Å². The van der Waals surface area contributed by atoms with Gasteiger partial charge in [0.25, 0.3) is 5.91 Å². The molecule has 0 aromatic carbocycles. The number of carbonyl (C=O) groups excluding carboxylic acids is 2. The van der Waals surface area contributed by atoms with Gasteiger partial charge in [0.05, 0.1) is 6.54 Å². The number of nitrogens with zero attached hydrogens (tertiary/aromatic N) is 4. The lowest BCUT2D eigenvalue weighted by atomic mass is 9.88. The van der Waals surface area contributed by atoms with E-state index in [9.17, 15) is 9.59 Å². The average molecular weight is 383 g/mol. The molecule has 8 heteroatoms. The maximum atomic E-state index is 12.8. The van der Waals surface area contributed by atoms with Crippen LogP contribution in [0.15, 0.2) is 36.9 Å². The van der Waals surface area contributed by atoms with Crippen LogP contribution in [-0.4, -0.2) is 50.4 Å². The number of nitrogens with one attached hydrogen (secondary N) is 1. The van der Waals surface area contributed by atoms with Crippen molar-refractivity contribution in [2.75, 3.05) is 18.4 Å². The molecule has 148 valence electrons. The van der Waals surface area contributed by atoms with Crippen molar-refractivity contribution < 1.29 is 14.3 Å². The van der Waals surface area contributed by atoms with E-state index >= 15 is 0 Å². The maximum absolute atomic E-state index is 12.8. The van der Waals surface area contributed by atoms with Crippen molar-refractivity contribution >= 4 is 17.5 Å². The summed E-state index contributed by atoms with van der Waals surface area (Å²) >= 11 is 0. The first-order valence-corrected chi connectivity index (χ1v) is 9.68. The van der Waals surface area contributed by atoms with Gasteiger partial charge in [-0.15, -0.1) is 0 Å². The highest BCUT2D eigenvalue weighted by Crippen LogP contribution is 2.40. The van der Waals surface area contributed by atoms with Crippen LogP contribution in [0.3, 0.4) is 0 Å². The molecule has 1 saturated heterocycles. The highest BCUT2D eigenvalue weighted by Gasteiger charge is 2.47. The highest BCUT2D eigenvalue weighted by atomic mass is 16.5. The van der Waals surface area contributed by atoms with Crippen molar-refractivity contribution in [3.63, 3.8) is 0 Å². The van der Waals surface area contributed by atoms with E-state index in [1.54, 1.807) is 30.7 Å². The number of anilines is 1. The zero-order chi connectivity index (χ0) is 19.7. The van der Waals surface area contributed by atoms with Gasteiger partial charge in [0, 0.05) is 62.3 Å². The zero-order valence-electron chi connectivity index (χ0n) is 16.2. The Morgan fingerprint density at radius 2 is 1.93 bits per heavy atom. The molecule has 8 nitrogen and oxygen atoms in total. The predicted octanol–water partition coefficient (Wildman–Crippen LogP) is 1.79. The molecule has 28 heavy (non-hydrogen) atoms. The van der Waals surface area contributed by atoms with Crippen molar-refractivity contribution in [2.24, 2.45) is 5.92 Å². The summed E-state index contributed by atoms with van der Waals surface area (Å²) < 4.78 is 8.37. The predicted molar refractivity (Wildman–Crippen MR) is 102 cm³/mol. The van der Waals surface area contributed by atoms with Gasteiger partial charge >= 0.3 is 0 Å². The Hall–Kier alpha value is -2.74. The SMILES string of the molecule is CC(C)C(=O)N1CCC2(CC1)OC(C(=O)Nc1ccncc1)Cn1ccnc12. The first-order chi connectivity index (χ1) is 13.5.